The lowest BCUT2D eigenvalue weighted by Gasteiger charge is -2.36. The molecule has 4 aromatic rings. The Morgan fingerprint density at radius 3 is 2.57 bits per heavy atom. The molecule has 3 N–H and O–H groups in total. The third-order valence-electron chi connectivity index (χ3n) is 6.73. The highest BCUT2D eigenvalue weighted by molar-refractivity contribution is 6.14. The molecule has 3 aromatic heterocycles. The fourth-order valence-corrected chi connectivity index (χ4v) is 4.83. The Hall–Kier alpha value is -4.03. The van der Waals surface area contributed by atoms with Crippen LogP contribution in [0.5, 0.6) is 5.75 Å². The minimum Gasteiger partial charge on any atom is -0.508 e. The summed E-state index contributed by atoms with van der Waals surface area (Å²) in [5.74, 6) is 8.15. The van der Waals surface area contributed by atoms with E-state index in [1.807, 2.05) is 18.2 Å². The molecule has 5 heterocycles. The number of hydrogen-bond acceptors (Lipinski definition) is 9. The molecule has 1 aromatic carbocycles. The molecule has 1 saturated heterocycles. The van der Waals surface area contributed by atoms with Crippen molar-refractivity contribution in [2.75, 3.05) is 49.3 Å². The third kappa shape index (κ3) is 3.58. The molecule has 0 amide bonds. The van der Waals surface area contributed by atoms with Gasteiger partial charge in [0.2, 0.25) is 5.78 Å². The molecule has 2 aliphatic rings. The number of hydrogen-bond donors (Lipinski definition) is 2. The predicted octanol–water partition coefficient (Wildman–Crippen LogP) is 0.444. The van der Waals surface area contributed by atoms with Gasteiger partial charge in [0.1, 0.15) is 23.8 Å². The number of anilines is 2. The lowest BCUT2D eigenvalue weighted by Crippen LogP contribution is -2.47. The van der Waals surface area contributed by atoms with Crippen molar-refractivity contribution in [3.05, 3.63) is 64.6 Å². The second kappa shape index (κ2) is 8.32. The van der Waals surface area contributed by atoms with Gasteiger partial charge in [0.05, 0.1) is 6.26 Å². The molecule has 182 valence electrons. The van der Waals surface area contributed by atoms with Crippen molar-refractivity contribution < 1.29 is 9.52 Å². The van der Waals surface area contributed by atoms with Gasteiger partial charge in [-0.1, -0.05) is 0 Å². The molecule has 1 fully saturated rings. The summed E-state index contributed by atoms with van der Waals surface area (Å²) in [6.07, 6.45) is 1.59. The molecule has 0 aliphatic carbocycles. The number of hydrazine groups is 1. The Morgan fingerprint density at radius 1 is 1.09 bits per heavy atom. The molecule has 6 rings (SSSR count). The number of phenolic OH excluding ortho intramolecular Hbond substituents is 1. The maximum absolute atomic E-state index is 13.2. The van der Waals surface area contributed by atoms with Crippen LogP contribution in [0.4, 0.5) is 11.5 Å². The van der Waals surface area contributed by atoms with Crippen molar-refractivity contribution >= 4 is 23.0 Å². The minimum absolute atomic E-state index is 0.147. The van der Waals surface area contributed by atoms with E-state index in [1.165, 1.54) is 5.01 Å². The summed E-state index contributed by atoms with van der Waals surface area (Å²) in [6, 6.07) is 10.9. The molecule has 0 atom stereocenters. The summed E-state index contributed by atoms with van der Waals surface area (Å²) in [4.78, 5) is 27.1. The zero-order valence-electron chi connectivity index (χ0n) is 19.4. The Morgan fingerprint density at radius 2 is 1.86 bits per heavy atom. The number of furan rings is 1. The smallest absolute Gasteiger partial charge is 0.345 e. The Balaban J connectivity index is 1.23. The average Bonchev–Trinajstić information content (AvgIpc) is 3.58. The SMILES string of the molecule is Cn1c(=O)n(CCN2CCN(c3ccc(O)cc3)CC2)c2nc3c(n21)C(c1ccco1)=NCN3N. The first-order valence-electron chi connectivity index (χ1n) is 11.6. The summed E-state index contributed by atoms with van der Waals surface area (Å²) < 4.78 is 10.6. The Kier molecular flexibility index (Phi) is 5.11. The van der Waals surface area contributed by atoms with E-state index in [9.17, 15) is 9.90 Å². The molecule has 12 heteroatoms. The van der Waals surface area contributed by atoms with E-state index >= 15 is 0 Å². The lowest BCUT2D eigenvalue weighted by molar-refractivity contribution is 0.248. The molecular weight excluding hydrogens is 450 g/mol. The lowest BCUT2D eigenvalue weighted by atomic mass is 10.2. The van der Waals surface area contributed by atoms with Crippen LogP contribution in [-0.4, -0.2) is 73.9 Å². The normalized spacial score (nSPS) is 16.7. The first kappa shape index (κ1) is 21.5. The van der Waals surface area contributed by atoms with Crippen LogP contribution >= 0.6 is 0 Å². The van der Waals surface area contributed by atoms with Gasteiger partial charge in [0, 0.05) is 52.0 Å². The second-order valence-electron chi connectivity index (χ2n) is 8.79. The first-order valence-corrected chi connectivity index (χ1v) is 11.6. The fraction of sp³-hybridized carbons (Fsp3) is 0.348. The van der Waals surface area contributed by atoms with Gasteiger partial charge in [-0.2, -0.15) is 4.98 Å². The van der Waals surface area contributed by atoms with Gasteiger partial charge >= 0.3 is 5.69 Å². The number of benzene rings is 1. The Labute approximate surface area is 200 Å². The highest BCUT2D eigenvalue weighted by Crippen LogP contribution is 2.27. The molecular formula is C23H27N9O3. The van der Waals surface area contributed by atoms with Crippen LogP contribution in [0.3, 0.4) is 0 Å². The summed E-state index contributed by atoms with van der Waals surface area (Å²) in [6.45, 7) is 5.02. The molecule has 12 nitrogen and oxygen atoms in total. The van der Waals surface area contributed by atoms with Crippen LogP contribution in [0.2, 0.25) is 0 Å². The van der Waals surface area contributed by atoms with Crippen molar-refractivity contribution in [2.45, 2.75) is 6.54 Å². The largest absolute Gasteiger partial charge is 0.508 e. The van der Waals surface area contributed by atoms with Gasteiger partial charge in [0.15, 0.2) is 11.6 Å². The topological polar surface area (TPSA) is 126 Å². The van der Waals surface area contributed by atoms with Crippen LogP contribution in [0.25, 0.3) is 5.78 Å². The molecule has 0 saturated carbocycles. The zero-order valence-corrected chi connectivity index (χ0v) is 19.4. The maximum atomic E-state index is 13.2. The number of rotatable bonds is 5. The molecule has 0 unspecified atom stereocenters. The van der Waals surface area contributed by atoms with Gasteiger partial charge in [-0.15, -0.1) is 0 Å². The van der Waals surface area contributed by atoms with Crippen LogP contribution in [0.1, 0.15) is 11.5 Å². The molecule has 35 heavy (non-hydrogen) atoms. The van der Waals surface area contributed by atoms with E-state index in [-0.39, 0.29) is 18.1 Å². The van der Waals surface area contributed by atoms with Gasteiger partial charge < -0.3 is 14.4 Å². The standard InChI is InChI=1S/C23H27N9O3/c1-27-23(34)30(13-10-28-8-11-29(12-9-28)16-4-6-17(33)7-5-16)22-26-21-20(32(22)27)19(25-15-31(21)24)18-3-2-14-35-18/h2-7,14,33H,8-13,15,24H2,1H3. The minimum atomic E-state index is -0.147. The number of imidazole rings is 1. The van der Waals surface area contributed by atoms with Crippen molar-refractivity contribution in [3.8, 4) is 5.75 Å². The number of piperazine rings is 1. The maximum Gasteiger partial charge on any atom is 0.345 e. The van der Waals surface area contributed by atoms with Crippen LogP contribution in [0, 0.1) is 0 Å². The van der Waals surface area contributed by atoms with Crippen molar-refractivity contribution in [1.29, 1.82) is 0 Å². The van der Waals surface area contributed by atoms with E-state index in [4.69, 9.17) is 15.2 Å². The van der Waals surface area contributed by atoms with Crippen molar-refractivity contribution in [3.63, 3.8) is 0 Å². The number of aryl methyl sites for hydroxylation is 1. The highest BCUT2D eigenvalue weighted by atomic mass is 16.3. The van der Waals surface area contributed by atoms with E-state index < -0.39 is 0 Å². The van der Waals surface area contributed by atoms with E-state index in [1.54, 1.807) is 45.3 Å². The number of fused-ring (bicyclic) bond motifs is 3. The van der Waals surface area contributed by atoms with Crippen LogP contribution < -0.4 is 21.4 Å². The highest BCUT2D eigenvalue weighted by Gasteiger charge is 2.31. The van der Waals surface area contributed by atoms with Crippen LogP contribution in [-0.2, 0) is 13.6 Å². The predicted molar refractivity (Wildman–Crippen MR) is 131 cm³/mol. The summed E-state index contributed by atoms with van der Waals surface area (Å²) in [5.41, 5.74) is 2.22. The van der Waals surface area contributed by atoms with Crippen molar-refractivity contribution in [2.24, 2.45) is 17.9 Å². The zero-order chi connectivity index (χ0) is 24.1. The quantitative estimate of drug-likeness (QED) is 0.397. The fourth-order valence-electron chi connectivity index (χ4n) is 4.83. The van der Waals surface area contributed by atoms with Gasteiger partial charge in [-0.25, -0.2) is 19.8 Å². The number of nitrogens with two attached hydrogens (primary N) is 1. The molecule has 0 spiro atoms. The number of aliphatic imine (C=N–C) groups is 1. The molecule has 2 aliphatic heterocycles. The van der Waals surface area contributed by atoms with Crippen molar-refractivity contribution in [1.82, 2.24) is 23.6 Å². The van der Waals surface area contributed by atoms with Gasteiger partial charge in [-0.05, 0) is 36.4 Å². The first-order chi connectivity index (χ1) is 17.0. The molecule has 0 bridgehead atoms. The number of aromatic hydroxyl groups is 1. The summed E-state index contributed by atoms with van der Waals surface area (Å²) in [5, 5.41) is 11.0. The van der Waals surface area contributed by atoms with E-state index in [2.05, 4.69) is 14.8 Å². The van der Waals surface area contributed by atoms with Gasteiger partial charge in [-0.3, -0.25) is 19.5 Å². The van der Waals surface area contributed by atoms with Crippen LogP contribution in [0.15, 0.2) is 56.9 Å². The second-order valence-corrected chi connectivity index (χ2v) is 8.79. The third-order valence-corrected chi connectivity index (χ3v) is 6.73. The number of aromatic nitrogens is 4. The van der Waals surface area contributed by atoms with Gasteiger partial charge in [0.25, 0.3) is 0 Å². The summed E-state index contributed by atoms with van der Waals surface area (Å²) in [7, 11) is 1.72. The molecule has 0 radical (unpaired) electrons. The number of phenols is 1. The average molecular weight is 478 g/mol. The monoisotopic (exact) mass is 477 g/mol. The summed E-state index contributed by atoms with van der Waals surface area (Å²) >= 11 is 0. The Bertz CT molecular complexity index is 1440. The number of nitrogens with zero attached hydrogens (tertiary/aromatic N) is 8. The van der Waals surface area contributed by atoms with E-state index in [0.717, 1.165) is 38.4 Å². The van der Waals surface area contributed by atoms with E-state index in [0.29, 0.717) is 35.3 Å².